The first-order valence-electron chi connectivity index (χ1n) is 12.4. The molecule has 0 aromatic heterocycles. The molecule has 0 aliphatic carbocycles. The standard InChI is InChI=1S/C25H41N7O3/c1-25(2,3)17-29-24-30-20-14-19(7-6-18(20)15-31(24)16-22(33)27-4)35-13-8-21(23(26)34)32(5)11-9-28-10-12-32/h6-7,14,21,28H,8-13,15-17H2,1-5H3,(H3-,26,27,29,30,33,34)/p+1. The van der Waals surface area contributed by atoms with Gasteiger partial charge in [-0.3, -0.25) is 14.6 Å². The fourth-order valence-electron chi connectivity index (χ4n) is 4.48. The molecule has 5 N–H and O–H groups in total. The molecular formula is C25H42N7O3+. The van der Waals surface area contributed by atoms with E-state index >= 15 is 0 Å². The van der Waals surface area contributed by atoms with Crippen LogP contribution in [0.5, 0.6) is 5.75 Å². The number of hydrogen-bond donors (Lipinski definition) is 4. The highest BCUT2D eigenvalue weighted by Gasteiger charge is 2.38. The Morgan fingerprint density at radius 2 is 2.00 bits per heavy atom. The predicted octanol–water partition coefficient (Wildman–Crippen LogP) is 0.735. The fraction of sp³-hybridized carbons (Fsp3) is 0.640. The SMILES string of the molecule is CNC(=O)CN1Cc2ccc(OCCC(C(N)=O)[N+]3(C)CCNCC3)cc2NC1=NCC(C)(C)C. The summed E-state index contributed by atoms with van der Waals surface area (Å²) in [6.07, 6.45) is 0.564. The van der Waals surface area contributed by atoms with Gasteiger partial charge in [0, 0.05) is 51.4 Å². The van der Waals surface area contributed by atoms with Crippen LogP contribution in [0.3, 0.4) is 0 Å². The normalized spacial score (nSPS) is 19.5. The summed E-state index contributed by atoms with van der Waals surface area (Å²) in [4.78, 5) is 31.0. The van der Waals surface area contributed by atoms with Crippen molar-refractivity contribution in [3.63, 3.8) is 0 Å². The molecule has 1 saturated heterocycles. The Balaban J connectivity index is 1.69. The molecule has 2 aliphatic rings. The number of piperazine rings is 1. The van der Waals surface area contributed by atoms with E-state index in [1.165, 1.54) is 0 Å². The summed E-state index contributed by atoms with van der Waals surface area (Å²) in [5.74, 6) is 1.06. The van der Waals surface area contributed by atoms with E-state index in [2.05, 4.69) is 43.8 Å². The van der Waals surface area contributed by atoms with Crippen LogP contribution in [0.25, 0.3) is 0 Å². The number of nitrogens with one attached hydrogen (secondary N) is 3. The first kappa shape index (κ1) is 26.7. The van der Waals surface area contributed by atoms with E-state index in [-0.39, 0.29) is 29.8 Å². The lowest BCUT2D eigenvalue weighted by atomic mass is 9.97. The minimum absolute atomic E-state index is 0.0269. The second kappa shape index (κ2) is 11.3. The zero-order valence-corrected chi connectivity index (χ0v) is 21.8. The van der Waals surface area contributed by atoms with Gasteiger partial charge < -0.3 is 35.8 Å². The molecule has 3 rings (SSSR count). The second-order valence-corrected chi connectivity index (χ2v) is 10.9. The summed E-state index contributed by atoms with van der Waals surface area (Å²) >= 11 is 0. The average molecular weight is 489 g/mol. The van der Waals surface area contributed by atoms with Gasteiger partial charge in [-0.1, -0.05) is 26.8 Å². The van der Waals surface area contributed by atoms with Crippen molar-refractivity contribution in [1.29, 1.82) is 0 Å². The minimum atomic E-state index is -0.277. The maximum atomic E-state index is 12.2. The van der Waals surface area contributed by atoms with Crippen molar-refractivity contribution in [3.8, 4) is 5.75 Å². The van der Waals surface area contributed by atoms with E-state index in [1.54, 1.807) is 7.05 Å². The predicted molar refractivity (Wildman–Crippen MR) is 138 cm³/mol. The number of fused-ring (bicyclic) bond motifs is 1. The third kappa shape index (κ3) is 7.32. The first-order chi connectivity index (χ1) is 16.5. The van der Waals surface area contributed by atoms with Crippen LogP contribution < -0.4 is 26.4 Å². The summed E-state index contributed by atoms with van der Waals surface area (Å²) in [5.41, 5.74) is 7.77. The molecule has 10 heteroatoms. The first-order valence-corrected chi connectivity index (χ1v) is 12.4. The van der Waals surface area contributed by atoms with Crippen LogP contribution in [0.1, 0.15) is 32.8 Å². The number of likely N-dealkylation sites (N-methyl/N-ethyl adjacent to an activating group) is 2. The highest BCUT2D eigenvalue weighted by molar-refractivity contribution is 5.98. The molecule has 2 amide bonds. The molecule has 1 aromatic rings. The molecule has 35 heavy (non-hydrogen) atoms. The minimum Gasteiger partial charge on any atom is -0.493 e. The highest BCUT2D eigenvalue weighted by atomic mass is 16.5. The van der Waals surface area contributed by atoms with Crippen molar-refractivity contribution in [2.45, 2.75) is 39.8 Å². The average Bonchev–Trinajstić information content (AvgIpc) is 2.80. The molecule has 0 radical (unpaired) electrons. The number of hydrogen-bond acceptors (Lipinski definition) is 5. The van der Waals surface area contributed by atoms with Crippen molar-refractivity contribution in [2.24, 2.45) is 16.1 Å². The van der Waals surface area contributed by atoms with Gasteiger partial charge in [0.25, 0.3) is 5.91 Å². The van der Waals surface area contributed by atoms with Crippen molar-refractivity contribution < 1.29 is 18.8 Å². The maximum absolute atomic E-state index is 12.2. The molecule has 1 fully saturated rings. The van der Waals surface area contributed by atoms with Gasteiger partial charge in [0.1, 0.15) is 5.75 Å². The molecule has 1 unspecified atom stereocenters. The van der Waals surface area contributed by atoms with Crippen LogP contribution in [-0.2, 0) is 16.1 Å². The summed E-state index contributed by atoms with van der Waals surface area (Å²) < 4.78 is 6.70. The van der Waals surface area contributed by atoms with E-state index in [0.29, 0.717) is 36.6 Å². The van der Waals surface area contributed by atoms with Gasteiger partial charge in [-0.25, -0.2) is 0 Å². The number of benzene rings is 1. The number of nitrogens with two attached hydrogens (primary N) is 1. The Morgan fingerprint density at radius 1 is 1.29 bits per heavy atom. The molecule has 2 aliphatic heterocycles. The number of nitrogens with zero attached hydrogens (tertiary/aromatic N) is 3. The van der Waals surface area contributed by atoms with Gasteiger partial charge in [0.2, 0.25) is 5.91 Å². The lowest BCUT2D eigenvalue weighted by Gasteiger charge is -2.42. The summed E-state index contributed by atoms with van der Waals surface area (Å²) in [5, 5.41) is 9.42. The van der Waals surface area contributed by atoms with Crippen LogP contribution in [0.4, 0.5) is 5.69 Å². The van der Waals surface area contributed by atoms with Gasteiger partial charge in [-0.05, 0) is 17.0 Å². The molecule has 0 spiro atoms. The van der Waals surface area contributed by atoms with E-state index < -0.39 is 0 Å². The molecule has 10 nitrogen and oxygen atoms in total. The molecule has 1 aromatic carbocycles. The van der Waals surface area contributed by atoms with Crippen LogP contribution in [0.15, 0.2) is 23.2 Å². The number of ether oxygens (including phenoxy) is 1. The summed E-state index contributed by atoms with van der Waals surface area (Å²) in [6, 6.07) is 5.61. The quantitative estimate of drug-likeness (QED) is 0.381. The molecular weight excluding hydrogens is 446 g/mol. The van der Waals surface area contributed by atoms with Crippen LogP contribution >= 0.6 is 0 Å². The van der Waals surface area contributed by atoms with Gasteiger partial charge in [-0.15, -0.1) is 0 Å². The number of aliphatic imine (C=N–C) groups is 1. The number of primary amides is 1. The number of carbonyl (C=O) groups excluding carboxylic acids is 2. The molecule has 0 saturated carbocycles. The van der Waals surface area contributed by atoms with Gasteiger partial charge in [-0.2, -0.15) is 0 Å². The fourth-order valence-corrected chi connectivity index (χ4v) is 4.48. The topological polar surface area (TPSA) is 121 Å². The van der Waals surface area contributed by atoms with Gasteiger partial charge in [0.15, 0.2) is 12.0 Å². The smallest absolute Gasteiger partial charge is 0.275 e. The number of quaternary nitrogens is 1. The van der Waals surface area contributed by atoms with Crippen LogP contribution in [0.2, 0.25) is 0 Å². The Kier molecular flexibility index (Phi) is 8.60. The Hall–Kier alpha value is -2.85. The van der Waals surface area contributed by atoms with Crippen molar-refractivity contribution in [2.75, 3.05) is 65.3 Å². The lowest BCUT2D eigenvalue weighted by Crippen LogP contribution is -2.64. The van der Waals surface area contributed by atoms with E-state index in [0.717, 1.165) is 43.2 Å². The van der Waals surface area contributed by atoms with Gasteiger partial charge >= 0.3 is 0 Å². The van der Waals surface area contributed by atoms with Crippen molar-refractivity contribution in [1.82, 2.24) is 15.5 Å². The number of carbonyl (C=O) groups is 2. The summed E-state index contributed by atoms with van der Waals surface area (Å²) in [6.45, 7) is 11.7. The molecule has 0 bridgehead atoms. The Morgan fingerprint density at radius 3 is 2.63 bits per heavy atom. The largest absolute Gasteiger partial charge is 0.493 e. The van der Waals surface area contributed by atoms with E-state index in [9.17, 15) is 9.59 Å². The number of anilines is 1. The number of guanidine groups is 1. The third-order valence-electron chi connectivity index (χ3n) is 6.64. The van der Waals surface area contributed by atoms with Crippen LogP contribution in [0, 0.1) is 5.41 Å². The molecule has 2 heterocycles. The second-order valence-electron chi connectivity index (χ2n) is 10.9. The van der Waals surface area contributed by atoms with Crippen LogP contribution in [-0.4, -0.2) is 93.2 Å². The molecule has 194 valence electrons. The zero-order chi connectivity index (χ0) is 25.6. The van der Waals surface area contributed by atoms with E-state index in [4.69, 9.17) is 15.5 Å². The Labute approximate surface area is 208 Å². The maximum Gasteiger partial charge on any atom is 0.275 e. The lowest BCUT2D eigenvalue weighted by molar-refractivity contribution is -0.926. The van der Waals surface area contributed by atoms with Crippen molar-refractivity contribution in [3.05, 3.63) is 23.8 Å². The Bertz CT molecular complexity index is 935. The molecule has 1 atom stereocenters. The summed E-state index contributed by atoms with van der Waals surface area (Å²) in [7, 11) is 3.73. The van der Waals surface area contributed by atoms with Gasteiger partial charge in [0.05, 0.1) is 33.3 Å². The highest BCUT2D eigenvalue weighted by Crippen LogP contribution is 2.28. The van der Waals surface area contributed by atoms with E-state index in [1.807, 2.05) is 23.1 Å². The number of rotatable bonds is 9. The number of amides is 2. The third-order valence-corrected chi connectivity index (χ3v) is 6.64. The zero-order valence-electron chi connectivity index (χ0n) is 21.8. The van der Waals surface area contributed by atoms with Crippen molar-refractivity contribution >= 4 is 23.5 Å². The monoisotopic (exact) mass is 488 g/mol.